The van der Waals surface area contributed by atoms with Gasteiger partial charge in [-0.1, -0.05) is 19.6 Å². The standard InChI is InChI=1S/C28H42N6O5SSi/c1-28(2,3)39-27(35)33-13-8-9-20(18-33)31-24-21-11-14-34(19-38-15-16-41(5,6)7)25(21)30-17-22(24)23-10-12-29-26(32-23)40(4,36)37/h10-12,14,17,20H,8-9,13,15-16,18-19H2,1-7H3,(H,30,31)/t20-/m1/s1. The molecule has 0 aromatic carbocycles. The fraction of sp³-hybridized carbons (Fsp3) is 0.571. The summed E-state index contributed by atoms with van der Waals surface area (Å²) in [7, 11) is -4.82. The summed E-state index contributed by atoms with van der Waals surface area (Å²) in [4.78, 5) is 27.6. The zero-order valence-electron chi connectivity index (χ0n) is 25.1. The predicted molar refractivity (Wildman–Crippen MR) is 162 cm³/mol. The van der Waals surface area contributed by atoms with Crippen LogP contribution in [0.3, 0.4) is 0 Å². The minimum absolute atomic E-state index is 0.0619. The van der Waals surface area contributed by atoms with Crippen molar-refractivity contribution in [2.75, 3.05) is 31.3 Å². The molecule has 1 fully saturated rings. The lowest BCUT2D eigenvalue weighted by molar-refractivity contribution is 0.0206. The first-order valence-corrected chi connectivity index (χ1v) is 19.5. The molecule has 1 saturated heterocycles. The molecule has 0 spiro atoms. The third-order valence-electron chi connectivity index (χ3n) is 6.68. The summed E-state index contributed by atoms with van der Waals surface area (Å²) in [6.07, 6.45) is 7.50. The highest BCUT2D eigenvalue weighted by Crippen LogP contribution is 2.35. The van der Waals surface area contributed by atoms with Gasteiger partial charge < -0.3 is 24.3 Å². The van der Waals surface area contributed by atoms with Crippen molar-refractivity contribution in [1.82, 2.24) is 24.4 Å². The number of aromatic nitrogens is 4. The highest BCUT2D eigenvalue weighted by molar-refractivity contribution is 7.90. The summed E-state index contributed by atoms with van der Waals surface area (Å²) in [6.45, 7) is 14.7. The van der Waals surface area contributed by atoms with Crippen molar-refractivity contribution in [1.29, 1.82) is 0 Å². The number of hydrogen-bond acceptors (Lipinski definition) is 9. The molecule has 3 aromatic rings. The second kappa shape index (κ2) is 12.1. The van der Waals surface area contributed by atoms with Gasteiger partial charge in [0.15, 0.2) is 0 Å². The van der Waals surface area contributed by atoms with Crippen LogP contribution in [0.5, 0.6) is 0 Å². The Labute approximate surface area is 243 Å². The van der Waals surface area contributed by atoms with Crippen LogP contribution in [0.2, 0.25) is 25.7 Å². The molecule has 0 aliphatic carbocycles. The number of carbonyl (C=O) groups is 1. The Bertz CT molecular complexity index is 1500. The van der Waals surface area contributed by atoms with Gasteiger partial charge in [0, 0.05) is 69.6 Å². The quantitative estimate of drug-likeness (QED) is 0.204. The van der Waals surface area contributed by atoms with Crippen LogP contribution in [0.15, 0.2) is 35.9 Å². The minimum Gasteiger partial charge on any atom is -0.444 e. The number of hydrogen-bond donors (Lipinski definition) is 1. The van der Waals surface area contributed by atoms with Gasteiger partial charge in [-0.15, -0.1) is 0 Å². The van der Waals surface area contributed by atoms with Gasteiger partial charge in [-0.25, -0.2) is 28.2 Å². The Balaban J connectivity index is 1.68. The Morgan fingerprint density at radius 3 is 2.63 bits per heavy atom. The van der Waals surface area contributed by atoms with Crippen molar-refractivity contribution in [2.45, 2.75) is 82.8 Å². The fourth-order valence-electron chi connectivity index (χ4n) is 4.59. The Morgan fingerprint density at radius 2 is 1.95 bits per heavy atom. The van der Waals surface area contributed by atoms with Crippen LogP contribution >= 0.6 is 0 Å². The summed E-state index contributed by atoms with van der Waals surface area (Å²) in [5, 5.41) is 4.25. The van der Waals surface area contributed by atoms with E-state index in [9.17, 15) is 13.2 Å². The smallest absolute Gasteiger partial charge is 0.410 e. The van der Waals surface area contributed by atoms with Gasteiger partial charge in [0.05, 0.1) is 11.4 Å². The molecule has 41 heavy (non-hydrogen) atoms. The van der Waals surface area contributed by atoms with Gasteiger partial charge in [0.25, 0.3) is 0 Å². The van der Waals surface area contributed by atoms with Crippen LogP contribution in [0.4, 0.5) is 10.5 Å². The van der Waals surface area contributed by atoms with E-state index in [4.69, 9.17) is 14.5 Å². The molecule has 1 aliphatic rings. The third-order valence-corrected chi connectivity index (χ3v) is 9.24. The maximum atomic E-state index is 12.8. The number of sulfone groups is 1. The van der Waals surface area contributed by atoms with Crippen LogP contribution in [-0.2, 0) is 26.0 Å². The summed E-state index contributed by atoms with van der Waals surface area (Å²) < 4.78 is 38.0. The SMILES string of the molecule is CC(C)(C)OC(=O)N1CCC[C@@H](Nc2c(-c3ccnc(S(C)(=O)=O)n3)cnc3c2ccn3COCC[Si](C)(C)C)C1. The Morgan fingerprint density at radius 1 is 1.20 bits per heavy atom. The molecule has 1 amide bonds. The molecule has 1 N–H and O–H groups in total. The lowest BCUT2D eigenvalue weighted by Gasteiger charge is -2.35. The van der Waals surface area contributed by atoms with Crippen molar-refractivity contribution >= 4 is 40.7 Å². The van der Waals surface area contributed by atoms with Gasteiger partial charge in [-0.3, -0.25) is 0 Å². The molecular weight excluding hydrogens is 560 g/mol. The minimum atomic E-state index is -3.61. The second-order valence-corrected chi connectivity index (χ2v) is 20.4. The highest BCUT2D eigenvalue weighted by Gasteiger charge is 2.29. The number of amides is 1. The molecule has 1 atom stereocenters. The maximum absolute atomic E-state index is 12.8. The second-order valence-electron chi connectivity index (χ2n) is 12.8. The molecular formula is C28H42N6O5SSi. The van der Waals surface area contributed by atoms with E-state index in [-0.39, 0.29) is 17.3 Å². The molecule has 224 valence electrons. The number of fused-ring (bicyclic) bond motifs is 1. The van der Waals surface area contributed by atoms with Crippen LogP contribution in [0.25, 0.3) is 22.3 Å². The Kier molecular flexibility index (Phi) is 9.09. The number of nitrogens with zero attached hydrogens (tertiary/aromatic N) is 5. The molecule has 4 heterocycles. The monoisotopic (exact) mass is 602 g/mol. The van der Waals surface area contributed by atoms with Crippen molar-refractivity contribution < 1.29 is 22.7 Å². The van der Waals surface area contributed by atoms with Crippen molar-refractivity contribution in [3.8, 4) is 11.3 Å². The molecule has 0 saturated carbocycles. The van der Waals surface area contributed by atoms with E-state index in [1.54, 1.807) is 17.2 Å². The fourth-order valence-corrected chi connectivity index (χ4v) is 5.87. The average molecular weight is 603 g/mol. The van der Waals surface area contributed by atoms with Gasteiger partial charge in [0.1, 0.15) is 18.0 Å². The largest absolute Gasteiger partial charge is 0.444 e. The van der Waals surface area contributed by atoms with E-state index in [0.717, 1.165) is 41.9 Å². The summed E-state index contributed by atoms with van der Waals surface area (Å²) in [5.74, 6) is 0. The van der Waals surface area contributed by atoms with Gasteiger partial charge in [-0.2, -0.15) is 0 Å². The van der Waals surface area contributed by atoms with Gasteiger partial charge >= 0.3 is 6.09 Å². The third kappa shape index (κ3) is 8.26. The number of ether oxygens (including phenoxy) is 2. The molecule has 0 radical (unpaired) electrons. The molecule has 11 nitrogen and oxygen atoms in total. The zero-order chi connectivity index (χ0) is 30.0. The number of nitrogens with one attached hydrogen (secondary N) is 1. The summed E-state index contributed by atoms with van der Waals surface area (Å²) in [5.41, 5.74) is 2.02. The van der Waals surface area contributed by atoms with Crippen molar-refractivity contribution in [3.63, 3.8) is 0 Å². The van der Waals surface area contributed by atoms with Gasteiger partial charge in [0.2, 0.25) is 15.0 Å². The number of likely N-dealkylation sites (tertiary alicyclic amines) is 1. The van der Waals surface area contributed by atoms with E-state index in [1.807, 2.05) is 37.6 Å². The van der Waals surface area contributed by atoms with E-state index in [0.29, 0.717) is 37.7 Å². The number of pyridine rings is 1. The first-order chi connectivity index (χ1) is 19.1. The van der Waals surface area contributed by atoms with Gasteiger partial charge in [-0.05, 0) is 51.8 Å². The van der Waals surface area contributed by atoms with E-state index >= 15 is 0 Å². The van der Waals surface area contributed by atoms with Crippen LogP contribution in [0.1, 0.15) is 33.6 Å². The topological polar surface area (TPSA) is 129 Å². The summed E-state index contributed by atoms with van der Waals surface area (Å²) in [6, 6.07) is 4.66. The van der Waals surface area contributed by atoms with Crippen LogP contribution < -0.4 is 5.32 Å². The lowest BCUT2D eigenvalue weighted by atomic mass is 10.0. The number of rotatable bonds is 9. The molecule has 0 unspecified atom stereocenters. The zero-order valence-corrected chi connectivity index (χ0v) is 26.9. The maximum Gasteiger partial charge on any atom is 0.410 e. The first-order valence-electron chi connectivity index (χ1n) is 13.9. The van der Waals surface area contributed by atoms with E-state index in [2.05, 4.69) is 34.9 Å². The Hall–Kier alpha value is -3.03. The van der Waals surface area contributed by atoms with Crippen molar-refractivity contribution in [2.24, 2.45) is 0 Å². The van der Waals surface area contributed by atoms with E-state index < -0.39 is 23.5 Å². The molecule has 13 heteroatoms. The first kappa shape index (κ1) is 30.9. The normalized spacial score (nSPS) is 16.7. The molecule has 0 bridgehead atoms. The predicted octanol–water partition coefficient (Wildman–Crippen LogP) is 5.02. The molecule has 3 aromatic heterocycles. The van der Waals surface area contributed by atoms with Crippen molar-refractivity contribution in [3.05, 3.63) is 30.7 Å². The lowest BCUT2D eigenvalue weighted by Crippen LogP contribution is -2.47. The average Bonchev–Trinajstić information content (AvgIpc) is 3.28. The van der Waals surface area contributed by atoms with Crippen LogP contribution in [-0.4, -0.2) is 84.6 Å². The number of piperidine rings is 1. The van der Waals surface area contributed by atoms with E-state index in [1.165, 1.54) is 6.20 Å². The van der Waals surface area contributed by atoms with Crippen LogP contribution in [0, 0.1) is 0 Å². The summed E-state index contributed by atoms with van der Waals surface area (Å²) >= 11 is 0. The molecule has 1 aliphatic heterocycles. The molecule has 4 rings (SSSR count). The number of carbonyl (C=O) groups excluding carboxylic acids is 1. The number of anilines is 1. The highest BCUT2D eigenvalue weighted by atomic mass is 32.2.